The summed E-state index contributed by atoms with van der Waals surface area (Å²) in [5.74, 6) is -2.79. The van der Waals surface area contributed by atoms with Crippen LogP contribution in [0.25, 0.3) is 11.1 Å². The molecule has 2 aromatic carbocycles. The zero-order valence-electron chi connectivity index (χ0n) is 60.4. The predicted octanol–water partition coefficient (Wildman–Crippen LogP) is 14.9. The van der Waals surface area contributed by atoms with E-state index in [0.717, 1.165) is 84.2 Å². The average Bonchev–Trinajstić information content (AvgIpc) is 1.62. The molecule has 0 saturated carbocycles. The van der Waals surface area contributed by atoms with Crippen LogP contribution in [0.15, 0.2) is 90.0 Å². The highest BCUT2D eigenvalue weighted by Crippen LogP contribution is 2.44. The fraction of sp³-hybridized carbons (Fsp3) is 0.575. The summed E-state index contributed by atoms with van der Waals surface area (Å²) in [7, 11) is -2.80. The third-order valence-corrected chi connectivity index (χ3v) is 20.9. The first-order valence-electron chi connectivity index (χ1n) is 34.6. The minimum atomic E-state index is -1.42. The molecule has 0 fully saturated rings. The van der Waals surface area contributed by atoms with E-state index in [2.05, 4.69) is 91.5 Å². The van der Waals surface area contributed by atoms with Gasteiger partial charge in [0.1, 0.15) is 53.9 Å². The molecule has 0 aliphatic heterocycles. The van der Waals surface area contributed by atoms with Gasteiger partial charge in [0.25, 0.3) is 11.8 Å². The maximum Gasteiger partial charge on any atom is 0.408 e. The summed E-state index contributed by atoms with van der Waals surface area (Å²) >= 11 is 3.72. The second kappa shape index (κ2) is 47.3. The van der Waals surface area contributed by atoms with Crippen molar-refractivity contribution in [1.82, 2.24) is 26.3 Å². The predicted molar refractivity (Wildman–Crippen MR) is 399 cm³/mol. The summed E-state index contributed by atoms with van der Waals surface area (Å²) in [6, 6.07) is 17.8. The number of esters is 4. The first-order valence-corrected chi connectivity index (χ1v) is 44.9. The van der Waals surface area contributed by atoms with E-state index in [0.29, 0.717) is 48.8 Å². The Morgan fingerprint density at radius 1 is 0.606 bits per heavy atom. The van der Waals surface area contributed by atoms with E-state index in [1.165, 1.54) is 60.7 Å². The molecule has 1 aliphatic rings. The minimum Gasteiger partial charge on any atom is -0.466 e. The maximum absolute atomic E-state index is 12.8. The fourth-order valence-corrected chi connectivity index (χ4v) is 13.1. The zero-order chi connectivity index (χ0) is 73.2. The lowest BCUT2D eigenvalue weighted by Gasteiger charge is -2.19. The average molecular weight is 1470 g/mol. The molecule has 2 atom stereocenters. The van der Waals surface area contributed by atoms with Crippen LogP contribution < -0.4 is 21.3 Å². The van der Waals surface area contributed by atoms with Gasteiger partial charge in [-0.3, -0.25) is 38.4 Å². The van der Waals surface area contributed by atoms with Gasteiger partial charge in [-0.15, -0.1) is 11.3 Å². The molecule has 0 bridgehead atoms. The third kappa shape index (κ3) is 39.6. The van der Waals surface area contributed by atoms with Gasteiger partial charge in [-0.05, 0) is 99.9 Å². The van der Waals surface area contributed by atoms with E-state index in [4.69, 9.17) is 28.4 Å². The molecule has 1 heterocycles. The van der Waals surface area contributed by atoms with Crippen molar-refractivity contribution in [3.63, 3.8) is 0 Å². The van der Waals surface area contributed by atoms with Crippen LogP contribution in [0.5, 0.6) is 0 Å². The van der Waals surface area contributed by atoms with Gasteiger partial charge in [0.15, 0.2) is 10.2 Å². The molecule has 548 valence electrons. The Morgan fingerprint density at radius 2 is 1.08 bits per heavy atom. The number of allylic oxidation sites excluding steroid dienone is 3. The molecule has 99 heavy (non-hydrogen) atoms. The Balaban J connectivity index is 0.000000517. The lowest BCUT2D eigenvalue weighted by molar-refractivity contribution is -0.153. The molecular weight excluding hydrogens is 1360 g/mol. The maximum atomic E-state index is 12.8. The van der Waals surface area contributed by atoms with Gasteiger partial charge in [-0.1, -0.05) is 195 Å². The molecule has 1 aromatic heterocycles. The van der Waals surface area contributed by atoms with E-state index in [9.17, 15) is 47.9 Å². The number of ether oxygens (including phenoxy) is 6. The third-order valence-electron chi connectivity index (χ3n) is 14.8. The van der Waals surface area contributed by atoms with Gasteiger partial charge >= 0.3 is 36.1 Å². The van der Waals surface area contributed by atoms with Crippen LogP contribution in [0, 0.1) is 0 Å². The second-order valence-electron chi connectivity index (χ2n) is 27.2. The molecule has 4 rings (SSSR count). The molecule has 4 N–H and O–H groups in total. The number of nitrogens with one attached hydrogen (secondary N) is 4. The van der Waals surface area contributed by atoms with Crippen molar-refractivity contribution in [2.75, 3.05) is 44.4 Å². The molecule has 0 unspecified atom stereocenters. The number of carbonyl (C=O) groups is 10. The van der Waals surface area contributed by atoms with Gasteiger partial charge in [0.05, 0.1) is 32.6 Å². The standard InChI is InChI=1S/C37H51NO7SSi.C36H58N4O9S2Si/c1-5-6-7-8-9-21-36(41)46-23-15-14-16-28(25-34(39)43-22-24-47(2,3)4)45-35(40)26-38-37(42)44-27-33-31-19-12-10-17-29(31)30-18-11-13-20-32(30)33;1-9-11-12-13-14-18-32(43)50-20-16-15-17-26(22-30(41)47-19-21-52(6,7)8)48-31(42)24-37-33(44)27(10-2)40-34(45)28-25-51-29(39-28)23-38-35(46)49-36(3,4)5/h10-14,16-20,28,33H,5-9,15,21-27H2,1-4H3,(H,38,42);10,15,17,25-26H,9,11-14,16,18-24H2,1-8H3,(H,37,44)(H,38,46)(H,40,45)/b16-14+;17-15+,27-10-/t28-;26-/m11/s1. The zero-order valence-corrected chi connectivity index (χ0v) is 64.9. The first-order chi connectivity index (χ1) is 47.0. The lowest BCUT2D eigenvalue weighted by atomic mass is 9.98. The molecule has 26 heteroatoms. The monoisotopic (exact) mass is 1460 g/mol. The van der Waals surface area contributed by atoms with Crippen LogP contribution in [-0.2, 0) is 68.5 Å². The van der Waals surface area contributed by atoms with E-state index >= 15 is 0 Å². The largest absolute Gasteiger partial charge is 0.466 e. The van der Waals surface area contributed by atoms with Gasteiger partial charge in [0.2, 0.25) is 0 Å². The molecule has 4 amide bonds. The number of carbonyl (C=O) groups excluding carboxylic acids is 10. The highest BCUT2D eigenvalue weighted by atomic mass is 32.2. The van der Waals surface area contributed by atoms with Crippen LogP contribution in [-0.4, -0.2) is 141 Å². The van der Waals surface area contributed by atoms with Crippen molar-refractivity contribution in [3.05, 3.63) is 112 Å². The Kier molecular flexibility index (Phi) is 41.2. The number of amides is 4. The SMILES string of the molecule is C/C=C(\NC(=O)c1csc(CNC(=O)OC(C)(C)C)n1)C(=O)NCC(=O)O[C@H](/C=C/CCSC(=O)CCCCCCC)CC(=O)OCC[Si](C)(C)C.CCCCCCCC(=O)SCC/C=C/[C@H](CC(=O)OCC[Si](C)(C)C)OC(=O)CNC(=O)OCC1c2ccccc2-c2ccccc21. The summed E-state index contributed by atoms with van der Waals surface area (Å²) in [6.45, 7) is 24.1. The lowest BCUT2D eigenvalue weighted by Crippen LogP contribution is -2.38. The van der Waals surface area contributed by atoms with Crippen LogP contribution in [0.4, 0.5) is 9.59 Å². The molecule has 0 radical (unpaired) electrons. The summed E-state index contributed by atoms with van der Waals surface area (Å²) in [5.41, 5.74) is 3.70. The van der Waals surface area contributed by atoms with Crippen LogP contribution >= 0.6 is 34.9 Å². The summed E-state index contributed by atoms with van der Waals surface area (Å²) in [5, 5.41) is 12.2. The van der Waals surface area contributed by atoms with Gasteiger partial charge in [-0.2, -0.15) is 0 Å². The Hall–Kier alpha value is -6.88. The molecule has 3 aromatic rings. The number of thioether (sulfide) groups is 2. The van der Waals surface area contributed by atoms with Crippen LogP contribution in [0.2, 0.25) is 51.4 Å². The smallest absolute Gasteiger partial charge is 0.408 e. The number of hydrogen-bond acceptors (Lipinski definition) is 20. The number of unbranched alkanes of at least 4 members (excludes halogenated alkanes) is 8. The second-order valence-corrected chi connectivity index (χ2v) is 41.7. The summed E-state index contributed by atoms with van der Waals surface area (Å²) in [4.78, 5) is 129. The Labute approximate surface area is 601 Å². The van der Waals surface area contributed by atoms with Gasteiger partial charge < -0.3 is 49.7 Å². The number of nitrogens with zero attached hydrogens (tertiary/aromatic N) is 1. The Bertz CT molecular complexity index is 3110. The quantitative estimate of drug-likeness (QED) is 0.0102. The molecule has 0 saturated heterocycles. The van der Waals surface area contributed by atoms with Crippen molar-refractivity contribution in [1.29, 1.82) is 0 Å². The van der Waals surface area contributed by atoms with E-state index < -0.39 is 94.9 Å². The first kappa shape index (κ1) is 86.3. The van der Waals surface area contributed by atoms with Crippen molar-refractivity contribution in [3.8, 4) is 11.1 Å². The van der Waals surface area contributed by atoms with Crippen molar-refractivity contribution in [2.24, 2.45) is 0 Å². The molecule has 0 spiro atoms. The summed E-state index contributed by atoms with van der Waals surface area (Å²) < 4.78 is 32.5. The van der Waals surface area contributed by atoms with E-state index in [-0.39, 0.29) is 60.1 Å². The van der Waals surface area contributed by atoms with E-state index in [1.54, 1.807) is 45.9 Å². The number of fused-ring (bicyclic) bond motifs is 3. The number of alkyl carbamates (subject to hydrolysis) is 2. The highest BCUT2D eigenvalue weighted by Gasteiger charge is 2.30. The van der Waals surface area contributed by atoms with Crippen molar-refractivity contribution >= 4 is 109 Å². The minimum absolute atomic E-state index is 0.0362. The molecule has 21 nitrogen and oxygen atoms in total. The molecular formula is C73H109N5O16S3Si2. The van der Waals surface area contributed by atoms with Gasteiger partial charge in [0, 0.05) is 51.8 Å². The van der Waals surface area contributed by atoms with Crippen molar-refractivity contribution < 1.29 is 76.4 Å². The fourth-order valence-electron chi connectivity index (χ4n) is 9.42. The number of benzene rings is 2. The van der Waals surface area contributed by atoms with E-state index in [1.807, 2.05) is 42.5 Å². The number of hydrogen-bond donors (Lipinski definition) is 4. The highest BCUT2D eigenvalue weighted by molar-refractivity contribution is 8.13. The van der Waals surface area contributed by atoms with Crippen molar-refractivity contribution in [2.45, 2.75) is 226 Å². The Morgan fingerprint density at radius 3 is 1.55 bits per heavy atom. The normalized spacial score (nSPS) is 12.8. The summed E-state index contributed by atoms with van der Waals surface area (Å²) in [6.07, 6.45) is 17.9. The number of rotatable bonds is 43. The number of aromatic nitrogens is 1. The molecule has 1 aliphatic carbocycles. The number of thiazole rings is 1. The van der Waals surface area contributed by atoms with Crippen LogP contribution in [0.1, 0.15) is 177 Å². The van der Waals surface area contributed by atoms with Crippen LogP contribution in [0.3, 0.4) is 0 Å². The topological polar surface area (TPSA) is 287 Å². The van der Waals surface area contributed by atoms with Gasteiger partial charge in [-0.25, -0.2) is 14.6 Å².